The zero-order valence-electron chi connectivity index (χ0n) is 16.5. The van der Waals surface area contributed by atoms with Gasteiger partial charge in [-0.25, -0.2) is 0 Å². The maximum Gasteiger partial charge on any atom is 0.264 e. The molecule has 4 rings (SSSR count). The van der Waals surface area contributed by atoms with Gasteiger partial charge >= 0.3 is 0 Å². The van der Waals surface area contributed by atoms with Gasteiger partial charge in [-0.3, -0.25) is 4.79 Å². The Labute approximate surface area is 180 Å². The van der Waals surface area contributed by atoms with Crippen LogP contribution in [0.15, 0.2) is 66.2 Å². The molecule has 0 bridgehead atoms. The molecule has 0 aromatic heterocycles. The van der Waals surface area contributed by atoms with Gasteiger partial charge in [0.25, 0.3) is 5.91 Å². The van der Waals surface area contributed by atoms with Crippen molar-refractivity contribution in [3.8, 4) is 11.8 Å². The van der Waals surface area contributed by atoms with Crippen LogP contribution in [0.5, 0.6) is 5.75 Å². The van der Waals surface area contributed by atoms with Crippen molar-refractivity contribution in [1.82, 2.24) is 4.90 Å². The molecule has 1 saturated heterocycles. The summed E-state index contributed by atoms with van der Waals surface area (Å²) >= 11 is 5.96. The minimum absolute atomic E-state index is 0.129. The van der Waals surface area contributed by atoms with Gasteiger partial charge in [0, 0.05) is 23.7 Å². The van der Waals surface area contributed by atoms with E-state index in [1.54, 1.807) is 11.0 Å². The molecule has 0 saturated carbocycles. The fourth-order valence-corrected chi connectivity index (χ4v) is 3.79. The summed E-state index contributed by atoms with van der Waals surface area (Å²) in [6.07, 6.45) is 3.63. The van der Waals surface area contributed by atoms with Crippen molar-refractivity contribution in [3.63, 3.8) is 0 Å². The first-order valence-corrected chi connectivity index (χ1v) is 10.3. The number of ether oxygens (including phenoxy) is 1. The zero-order chi connectivity index (χ0) is 20.9. The number of fused-ring (bicyclic) bond motifs is 1. The maximum atomic E-state index is 12.8. The Bertz CT molecular complexity index is 1140. The van der Waals surface area contributed by atoms with Gasteiger partial charge in [0.2, 0.25) is 0 Å². The van der Waals surface area contributed by atoms with Crippen LogP contribution < -0.4 is 4.74 Å². The summed E-state index contributed by atoms with van der Waals surface area (Å²) in [5.74, 6) is 0.414. The lowest BCUT2D eigenvalue weighted by Crippen LogP contribution is -2.28. The van der Waals surface area contributed by atoms with Crippen LogP contribution >= 0.6 is 11.6 Å². The molecule has 1 aliphatic rings. The van der Waals surface area contributed by atoms with Crippen molar-refractivity contribution in [2.75, 3.05) is 13.1 Å². The molecular formula is C25H21ClN2O2. The Kier molecular flexibility index (Phi) is 6.02. The fraction of sp³-hybridized carbons (Fsp3) is 0.200. The zero-order valence-corrected chi connectivity index (χ0v) is 17.2. The molecule has 0 atom stereocenters. The van der Waals surface area contributed by atoms with Gasteiger partial charge in [-0.15, -0.1) is 0 Å². The molecule has 0 N–H and O–H groups in total. The number of nitriles is 1. The summed E-state index contributed by atoms with van der Waals surface area (Å²) in [5, 5.41) is 12.3. The largest absolute Gasteiger partial charge is 0.488 e. The highest BCUT2D eigenvalue weighted by atomic mass is 35.5. The van der Waals surface area contributed by atoms with E-state index in [2.05, 4.69) is 6.07 Å². The third kappa shape index (κ3) is 4.32. The first-order chi connectivity index (χ1) is 14.7. The third-order valence-corrected chi connectivity index (χ3v) is 5.52. The van der Waals surface area contributed by atoms with Crippen LogP contribution in [-0.4, -0.2) is 23.9 Å². The van der Waals surface area contributed by atoms with Crippen LogP contribution in [0, 0.1) is 11.3 Å². The van der Waals surface area contributed by atoms with Crippen molar-refractivity contribution in [1.29, 1.82) is 5.26 Å². The smallest absolute Gasteiger partial charge is 0.264 e. The van der Waals surface area contributed by atoms with Gasteiger partial charge in [0.15, 0.2) is 0 Å². The van der Waals surface area contributed by atoms with Crippen LogP contribution in [0.4, 0.5) is 0 Å². The fourth-order valence-electron chi connectivity index (χ4n) is 3.67. The molecule has 0 unspecified atom stereocenters. The van der Waals surface area contributed by atoms with E-state index < -0.39 is 0 Å². The Morgan fingerprint density at radius 1 is 1.07 bits per heavy atom. The van der Waals surface area contributed by atoms with Crippen molar-refractivity contribution in [2.45, 2.75) is 19.4 Å². The van der Waals surface area contributed by atoms with Crippen LogP contribution in [-0.2, 0) is 11.4 Å². The normalized spacial score (nSPS) is 14.0. The Hall–Kier alpha value is -3.29. The predicted octanol–water partition coefficient (Wildman–Crippen LogP) is 5.60. The summed E-state index contributed by atoms with van der Waals surface area (Å²) in [6, 6.07) is 21.3. The lowest BCUT2D eigenvalue weighted by atomic mass is 10.0. The summed E-state index contributed by atoms with van der Waals surface area (Å²) in [4.78, 5) is 14.6. The van der Waals surface area contributed by atoms with Crippen molar-refractivity contribution < 1.29 is 9.53 Å². The number of benzene rings is 3. The first kappa shape index (κ1) is 20.0. The number of likely N-dealkylation sites (tertiary alicyclic amines) is 1. The summed E-state index contributed by atoms with van der Waals surface area (Å²) in [5.41, 5.74) is 1.85. The van der Waals surface area contributed by atoms with Crippen LogP contribution in [0.2, 0.25) is 5.02 Å². The highest BCUT2D eigenvalue weighted by molar-refractivity contribution is 6.30. The summed E-state index contributed by atoms with van der Waals surface area (Å²) in [6.45, 7) is 1.76. The highest BCUT2D eigenvalue weighted by Crippen LogP contribution is 2.31. The molecule has 3 aromatic rings. The molecule has 1 amide bonds. The van der Waals surface area contributed by atoms with Gasteiger partial charge < -0.3 is 9.64 Å². The molecule has 30 heavy (non-hydrogen) atoms. The standard InChI is InChI=1S/C25H21ClN2O2/c26-21-10-7-18(8-11-21)17-30-24-12-9-19-5-1-2-6-22(19)23(24)15-20(16-27)25(29)28-13-3-4-14-28/h1-2,5-12,15H,3-4,13-14,17H2/b20-15+. The number of rotatable bonds is 5. The lowest BCUT2D eigenvalue weighted by molar-refractivity contribution is -0.125. The number of amides is 1. The maximum absolute atomic E-state index is 12.8. The van der Waals surface area contributed by atoms with E-state index in [0.717, 1.165) is 34.7 Å². The number of carbonyl (C=O) groups excluding carboxylic acids is 1. The van der Waals surface area contributed by atoms with Crippen LogP contribution in [0.25, 0.3) is 16.8 Å². The molecular weight excluding hydrogens is 396 g/mol. The highest BCUT2D eigenvalue weighted by Gasteiger charge is 2.22. The van der Waals surface area contributed by atoms with Gasteiger partial charge in [0.05, 0.1) is 0 Å². The summed E-state index contributed by atoms with van der Waals surface area (Å²) in [7, 11) is 0. The number of carbonyl (C=O) groups is 1. The molecule has 1 aliphatic heterocycles. The molecule has 0 radical (unpaired) electrons. The van der Waals surface area contributed by atoms with E-state index >= 15 is 0 Å². The number of hydrogen-bond donors (Lipinski definition) is 0. The van der Waals surface area contributed by atoms with E-state index in [9.17, 15) is 10.1 Å². The minimum Gasteiger partial charge on any atom is -0.488 e. The van der Waals surface area contributed by atoms with E-state index in [1.807, 2.05) is 60.7 Å². The summed E-state index contributed by atoms with van der Waals surface area (Å²) < 4.78 is 6.10. The quantitative estimate of drug-likeness (QED) is 0.401. The van der Waals surface area contributed by atoms with Gasteiger partial charge in [-0.1, -0.05) is 54.1 Å². The average Bonchev–Trinajstić information content (AvgIpc) is 3.32. The molecule has 1 fully saturated rings. The first-order valence-electron chi connectivity index (χ1n) is 9.96. The number of nitrogens with zero attached hydrogens (tertiary/aromatic N) is 2. The molecule has 5 heteroatoms. The van der Waals surface area contributed by atoms with Gasteiger partial charge in [-0.05, 0) is 53.5 Å². The number of hydrogen-bond acceptors (Lipinski definition) is 3. The molecule has 0 aliphatic carbocycles. The predicted molar refractivity (Wildman–Crippen MR) is 119 cm³/mol. The van der Waals surface area contributed by atoms with Crippen molar-refractivity contribution >= 4 is 34.4 Å². The van der Waals surface area contributed by atoms with Gasteiger partial charge in [-0.2, -0.15) is 5.26 Å². The monoisotopic (exact) mass is 416 g/mol. The van der Waals surface area contributed by atoms with Crippen LogP contribution in [0.3, 0.4) is 0 Å². The SMILES string of the molecule is N#C/C(=C\c1c(OCc2ccc(Cl)cc2)ccc2ccccc12)C(=O)N1CCCC1. The third-order valence-electron chi connectivity index (χ3n) is 5.27. The topological polar surface area (TPSA) is 53.3 Å². The number of halogens is 1. The second-order valence-electron chi connectivity index (χ2n) is 7.28. The van der Waals surface area contributed by atoms with E-state index in [0.29, 0.717) is 30.5 Å². The molecule has 0 spiro atoms. The average molecular weight is 417 g/mol. The van der Waals surface area contributed by atoms with E-state index in [-0.39, 0.29) is 11.5 Å². The Morgan fingerprint density at radius 2 is 1.80 bits per heavy atom. The minimum atomic E-state index is -0.216. The molecule has 150 valence electrons. The Morgan fingerprint density at radius 3 is 2.53 bits per heavy atom. The molecule has 4 nitrogen and oxygen atoms in total. The van der Waals surface area contributed by atoms with Crippen molar-refractivity contribution in [2.24, 2.45) is 0 Å². The molecule has 3 aromatic carbocycles. The second-order valence-corrected chi connectivity index (χ2v) is 7.72. The van der Waals surface area contributed by atoms with Gasteiger partial charge in [0.1, 0.15) is 24.0 Å². The van der Waals surface area contributed by atoms with Crippen molar-refractivity contribution in [3.05, 3.63) is 82.4 Å². The van der Waals surface area contributed by atoms with E-state index in [4.69, 9.17) is 16.3 Å². The Balaban J connectivity index is 1.72. The lowest BCUT2D eigenvalue weighted by Gasteiger charge is -2.16. The van der Waals surface area contributed by atoms with Crippen LogP contribution in [0.1, 0.15) is 24.0 Å². The van der Waals surface area contributed by atoms with E-state index in [1.165, 1.54) is 0 Å². The molecule has 1 heterocycles. The second kappa shape index (κ2) is 9.02.